The van der Waals surface area contributed by atoms with Gasteiger partial charge in [0, 0.05) is 0 Å². The van der Waals surface area contributed by atoms with E-state index in [4.69, 9.17) is 28.9 Å². The molecule has 72 valence electrons. The maximum Gasteiger partial charge on any atom is 0.334 e. The van der Waals surface area contributed by atoms with Crippen LogP contribution in [0.25, 0.3) is 0 Å². The first kappa shape index (κ1) is 10.6. The van der Waals surface area contributed by atoms with E-state index in [1.165, 1.54) is 0 Å². The summed E-state index contributed by atoms with van der Waals surface area (Å²) in [4.78, 5) is -0.665. The Bertz CT molecular complexity index is 446. The second-order valence-corrected chi connectivity index (χ2v) is 4.37. The van der Waals surface area contributed by atoms with Gasteiger partial charge in [0.25, 0.3) is 0 Å². The van der Waals surface area contributed by atoms with Crippen molar-refractivity contribution in [3.63, 3.8) is 0 Å². The largest absolute Gasteiger partial charge is 0.398 e. The van der Waals surface area contributed by atoms with Gasteiger partial charge in [-0.1, -0.05) is 23.2 Å². The second kappa shape index (κ2) is 3.32. The molecule has 0 bridgehead atoms. The summed E-state index contributed by atoms with van der Waals surface area (Å²) < 4.78 is 33.4. The summed E-state index contributed by atoms with van der Waals surface area (Å²) in [5.41, 5.74) is 4.95. The quantitative estimate of drug-likeness (QED) is 0.608. The van der Waals surface area contributed by atoms with Gasteiger partial charge in [0.15, 0.2) is 0 Å². The molecular formula is C6H4Cl2FNO2S. The zero-order valence-electron chi connectivity index (χ0n) is 6.09. The summed E-state index contributed by atoms with van der Waals surface area (Å²) in [6, 6.07) is 1.95. The smallest absolute Gasteiger partial charge is 0.334 e. The number of nitrogen functional groups attached to an aromatic ring is 1. The lowest BCUT2D eigenvalue weighted by atomic mass is 10.3. The fraction of sp³-hybridized carbons (Fsp3) is 0. The van der Waals surface area contributed by atoms with E-state index < -0.39 is 15.1 Å². The standard InChI is InChI=1S/C6H4Cl2FNO2S/c7-3-1-5(10)6(2-4(3)8)13(9,11)12/h1-2H,10H2. The highest BCUT2D eigenvalue weighted by Gasteiger charge is 2.17. The number of halogens is 3. The van der Waals surface area contributed by atoms with Gasteiger partial charge in [-0.2, -0.15) is 8.42 Å². The average Bonchev–Trinajstić information content (AvgIpc) is 1.94. The van der Waals surface area contributed by atoms with Gasteiger partial charge in [0.2, 0.25) is 0 Å². The van der Waals surface area contributed by atoms with Crippen LogP contribution in [0.5, 0.6) is 0 Å². The molecular weight excluding hydrogens is 240 g/mol. The van der Waals surface area contributed by atoms with E-state index in [-0.39, 0.29) is 15.7 Å². The molecule has 0 saturated heterocycles. The normalized spacial score (nSPS) is 11.6. The number of anilines is 1. The molecule has 0 aliphatic rings. The molecule has 0 spiro atoms. The fourth-order valence-electron chi connectivity index (χ4n) is 0.755. The highest BCUT2D eigenvalue weighted by molar-refractivity contribution is 7.86. The monoisotopic (exact) mass is 243 g/mol. The van der Waals surface area contributed by atoms with Gasteiger partial charge in [-0.15, -0.1) is 3.89 Å². The van der Waals surface area contributed by atoms with Crippen molar-refractivity contribution in [1.29, 1.82) is 0 Å². The maximum absolute atomic E-state index is 12.5. The molecule has 1 aromatic carbocycles. The molecule has 13 heavy (non-hydrogen) atoms. The minimum atomic E-state index is -4.84. The Labute approximate surface area is 84.5 Å². The van der Waals surface area contributed by atoms with Crippen LogP contribution in [0.15, 0.2) is 17.0 Å². The van der Waals surface area contributed by atoms with Gasteiger partial charge in [-0.25, -0.2) is 0 Å². The topological polar surface area (TPSA) is 60.2 Å². The highest BCUT2D eigenvalue weighted by atomic mass is 35.5. The van der Waals surface area contributed by atoms with Crippen LogP contribution in [-0.2, 0) is 10.2 Å². The number of hydrogen-bond acceptors (Lipinski definition) is 3. The molecule has 0 fully saturated rings. The third kappa shape index (κ3) is 2.24. The predicted molar refractivity (Wildman–Crippen MR) is 49.2 cm³/mol. The zero-order valence-corrected chi connectivity index (χ0v) is 8.42. The number of nitrogens with two attached hydrogens (primary N) is 1. The Morgan fingerprint density at radius 1 is 1.23 bits per heavy atom. The SMILES string of the molecule is Nc1cc(Cl)c(Cl)cc1S(=O)(=O)F. The van der Waals surface area contributed by atoms with Crippen molar-refractivity contribution in [3.8, 4) is 0 Å². The Morgan fingerprint density at radius 3 is 2.15 bits per heavy atom. The maximum atomic E-state index is 12.5. The van der Waals surface area contributed by atoms with Gasteiger partial charge in [-0.05, 0) is 12.1 Å². The molecule has 0 aliphatic carbocycles. The number of hydrogen-bond donors (Lipinski definition) is 1. The summed E-state index contributed by atoms with van der Waals surface area (Å²) in [7, 11) is -4.84. The van der Waals surface area contributed by atoms with Crippen molar-refractivity contribution >= 4 is 39.1 Å². The number of rotatable bonds is 1. The van der Waals surface area contributed by atoms with E-state index in [9.17, 15) is 12.3 Å². The summed E-state index contributed by atoms with van der Waals surface area (Å²) >= 11 is 11.0. The molecule has 0 unspecified atom stereocenters. The minimum Gasteiger partial charge on any atom is -0.398 e. The molecule has 7 heteroatoms. The molecule has 2 N–H and O–H groups in total. The lowest BCUT2D eigenvalue weighted by Crippen LogP contribution is -1.98. The zero-order chi connectivity index (χ0) is 10.2. The van der Waals surface area contributed by atoms with Crippen LogP contribution in [0.4, 0.5) is 9.57 Å². The Balaban J connectivity index is 3.50. The van der Waals surface area contributed by atoms with Crippen molar-refractivity contribution in [3.05, 3.63) is 22.2 Å². The van der Waals surface area contributed by atoms with Gasteiger partial charge < -0.3 is 5.73 Å². The van der Waals surface area contributed by atoms with Crippen LogP contribution in [-0.4, -0.2) is 8.42 Å². The van der Waals surface area contributed by atoms with Crippen LogP contribution in [0.3, 0.4) is 0 Å². The molecule has 0 amide bonds. The summed E-state index contributed by atoms with van der Waals surface area (Å²) in [5, 5.41) is 0.0126. The van der Waals surface area contributed by atoms with Crippen molar-refractivity contribution in [2.75, 3.05) is 5.73 Å². The Hall–Kier alpha value is -0.520. The molecule has 0 aromatic heterocycles. The van der Waals surface area contributed by atoms with Crippen molar-refractivity contribution in [1.82, 2.24) is 0 Å². The lowest BCUT2D eigenvalue weighted by Gasteiger charge is -2.02. The summed E-state index contributed by atoms with van der Waals surface area (Å²) in [6.45, 7) is 0. The van der Waals surface area contributed by atoms with Crippen molar-refractivity contribution in [2.24, 2.45) is 0 Å². The van der Waals surface area contributed by atoms with Crippen LogP contribution in [0.2, 0.25) is 10.0 Å². The van der Waals surface area contributed by atoms with Crippen molar-refractivity contribution in [2.45, 2.75) is 4.90 Å². The molecule has 3 nitrogen and oxygen atoms in total. The molecule has 0 atom stereocenters. The average molecular weight is 244 g/mol. The summed E-state index contributed by atoms with van der Waals surface area (Å²) in [5.74, 6) is 0. The molecule has 0 saturated carbocycles. The first-order valence-corrected chi connectivity index (χ1v) is 5.15. The third-order valence-electron chi connectivity index (χ3n) is 1.32. The first-order valence-electron chi connectivity index (χ1n) is 3.01. The van der Waals surface area contributed by atoms with Crippen LogP contribution < -0.4 is 5.73 Å². The third-order valence-corrected chi connectivity index (χ3v) is 2.92. The lowest BCUT2D eigenvalue weighted by molar-refractivity contribution is 0.552. The Kier molecular flexibility index (Phi) is 2.70. The molecule has 1 aromatic rings. The van der Waals surface area contributed by atoms with Crippen LogP contribution in [0, 0.1) is 0 Å². The van der Waals surface area contributed by atoms with Crippen LogP contribution in [0.1, 0.15) is 0 Å². The van der Waals surface area contributed by atoms with E-state index in [0.29, 0.717) is 0 Å². The van der Waals surface area contributed by atoms with Gasteiger partial charge in [0.1, 0.15) is 4.90 Å². The van der Waals surface area contributed by atoms with Crippen LogP contribution >= 0.6 is 23.2 Å². The fourth-order valence-corrected chi connectivity index (χ4v) is 1.75. The van der Waals surface area contributed by atoms with E-state index in [1.807, 2.05) is 0 Å². The predicted octanol–water partition coefficient (Wildman–Crippen LogP) is 2.23. The molecule has 1 rings (SSSR count). The van der Waals surface area contributed by atoms with Crippen molar-refractivity contribution < 1.29 is 12.3 Å². The van der Waals surface area contributed by atoms with E-state index in [2.05, 4.69) is 0 Å². The van der Waals surface area contributed by atoms with Gasteiger partial charge in [-0.3, -0.25) is 0 Å². The van der Waals surface area contributed by atoms with Gasteiger partial charge in [0.05, 0.1) is 15.7 Å². The molecule has 0 aliphatic heterocycles. The Morgan fingerprint density at radius 2 is 1.69 bits per heavy atom. The second-order valence-electron chi connectivity index (χ2n) is 2.24. The summed E-state index contributed by atoms with van der Waals surface area (Å²) in [6.07, 6.45) is 0. The molecule has 0 radical (unpaired) electrons. The minimum absolute atomic E-state index is 0.0629. The molecule has 0 heterocycles. The van der Waals surface area contributed by atoms with E-state index in [1.54, 1.807) is 0 Å². The van der Waals surface area contributed by atoms with E-state index >= 15 is 0 Å². The highest BCUT2D eigenvalue weighted by Crippen LogP contribution is 2.30. The first-order chi connectivity index (χ1) is 5.82. The van der Waals surface area contributed by atoms with E-state index in [0.717, 1.165) is 12.1 Å². The number of benzene rings is 1. The van der Waals surface area contributed by atoms with Gasteiger partial charge >= 0.3 is 10.2 Å².